The van der Waals surface area contributed by atoms with Crippen molar-refractivity contribution in [3.05, 3.63) is 35.5 Å². The van der Waals surface area contributed by atoms with Crippen LogP contribution >= 0.6 is 0 Å². The van der Waals surface area contributed by atoms with Gasteiger partial charge in [-0.2, -0.15) is 0 Å². The Labute approximate surface area is 152 Å². The summed E-state index contributed by atoms with van der Waals surface area (Å²) in [6.07, 6.45) is 1.71. The molecule has 6 heteroatoms. The van der Waals surface area contributed by atoms with E-state index in [-0.39, 0.29) is 11.7 Å². The number of Topliss-reactive ketones (excluding diaryl/α,β-unsaturated/α-hetero) is 1. The lowest BCUT2D eigenvalue weighted by Crippen LogP contribution is -2.41. The van der Waals surface area contributed by atoms with Crippen LogP contribution in [-0.2, 0) is 4.79 Å². The number of fused-ring (bicyclic) bond motifs is 1. The number of aromatic nitrogens is 1. The number of hydrogen-bond acceptors (Lipinski definition) is 5. The predicted molar refractivity (Wildman–Crippen MR) is 98.7 cm³/mol. The van der Waals surface area contributed by atoms with E-state index in [1.54, 1.807) is 13.2 Å². The molecule has 0 aliphatic carbocycles. The van der Waals surface area contributed by atoms with Gasteiger partial charge < -0.3 is 15.2 Å². The van der Waals surface area contributed by atoms with Crippen molar-refractivity contribution in [2.45, 2.75) is 26.2 Å². The zero-order valence-electron chi connectivity index (χ0n) is 15.1. The van der Waals surface area contributed by atoms with Gasteiger partial charge >= 0.3 is 5.97 Å². The maximum absolute atomic E-state index is 12.9. The number of nitrogens with zero attached hydrogens (tertiary/aromatic N) is 1. The van der Waals surface area contributed by atoms with Crippen LogP contribution in [0.25, 0.3) is 10.9 Å². The van der Waals surface area contributed by atoms with Crippen molar-refractivity contribution in [2.75, 3.05) is 20.2 Å². The largest absolute Gasteiger partial charge is 0.497 e. The van der Waals surface area contributed by atoms with Crippen LogP contribution in [0.2, 0.25) is 0 Å². The van der Waals surface area contributed by atoms with Gasteiger partial charge in [0.25, 0.3) is 0 Å². The maximum Gasteiger partial charge on any atom is 0.308 e. The van der Waals surface area contributed by atoms with Crippen LogP contribution in [0.3, 0.4) is 0 Å². The molecule has 2 N–H and O–H groups in total. The van der Waals surface area contributed by atoms with Crippen molar-refractivity contribution in [1.29, 1.82) is 0 Å². The molecule has 3 rings (SSSR count). The Hall–Kier alpha value is -2.47. The van der Waals surface area contributed by atoms with Gasteiger partial charge in [-0.05, 0) is 56.5 Å². The second-order valence-electron chi connectivity index (χ2n) is 6.85. The van der Waals surface area contributed by atoms with Crippen molar-refractivity contribution >= 4 is 22.7 Å². The zero-order valence-corrected chi connectivity index (χ0v) is 15.1. The number of aliphatic carboxylic acids is 1. The van der Waals surface area contributed by atoms with Gasteiger partial charge in [0.1, 0.15) is 5.75 Å². The summed E-state index contributed by atoms with van der Waals surface area (Å²) in [5.41, 5.74) is 2.18. The van der Waals surface area contributed by atoms with Crippen LogP contribution in [0.4, 0.5) is 0 Å². The number of rotatable bonds is 6. The number of methoxy groups -OCH3 is 1. The highest BCUT2D eigenvalue weighted by Gasteiger charge is 2.31. The smallest absolute Gasteiger partial charge is 0.308 e. The van der Waals surface area contributed by atoms with E-state index in [2.05, 4.69) is 10.3 Å². The Morgan fingerprint density at radius 2 is 2.15 bits per heavy atom. The van der Waals surface area contributed by atoms with E-state index >= 15 is 0 Å². The minimum absolute atomic E-state index is 0.0245. The molecule has 0 saturated carbocycles. The van der Waals surface area contributed by atoms with E-state index in [0.29, 0.717) is 30.7 Å². The third kappa shape index (κ3) is 3.85. The van der Waals surface area contributed by atoms with Crippen molar-refractivity contribution < 1.29 is 19.4 Å². The summed E-state index contributed by atoms with van der Waals surface area (Å²) in [4.78, 5) is 28.8. The quantitative estimate of drug-likeness (QED) is 0.774. The number of aryl methyl sites for hydroxylation is 1. The molecule has 1 aromatic heterocycles. The number of carboxylic acids is 1. The van der Waals surface area contributed by atoms with Crippen molar-refractivity contribution in [3.63, 3.8) is 0 Å². The molecule has 26 heavy (non-hydrogen) atoms. The lowest BCUT2D eigenvalue weighted by Gasteiger charge is -2.29. The molecule has 2 heterocycles. The van der Waals surface area contributed by atoms with Gasteiger partial charge in [-0.15, -0.1) is 0 Å². The number of benzene rings is 1. The molecule has 6 nitrogen and oxygen atoms in total. The molecule has 1 saturated heterocycles. The first kappa shape index (κ1) is 18.3. The fourth-order valence-electron chi connectivity index (χ4n) is 3.69. The number of carbonyl (C=O) groups is 2. The van der Waals surface area contributed by atoms with Crippen LogP contribution < -0.4 is 10.1 Å². The van der Waals surface area contributed by atoms with Crippen molar-refractivity contribution in [3.8, 4) is 5.75 Å². The average Bonchev–Trinajstić information content (AvgIpc) is 2.65. The Morgan fingerprint density at radius 3 is 2.88 bits per heavy atom. The molecule has 1 aliphatic rings. The Morgan fingerprint density at radius 1 is 1.35 bits per heavy atom. The molecule has 2 atom stereocenters. The lowest BCUT2D eigenvalue weighted by atomic mass is 9.82. The summed E-state index contributed by atoms with van der Waals surface area (Å²) in [5, 5.41) is 13.3. The van der Waals surface area contributed by atoms with Gasteiger partial charge in [-0.25, -0.2) is 0 Å². The van der Waals surface area contributed by atoms with Crippen molar-refractivity contribution in [2.24, 2.45) is 11.8 Å². The highest BCUT2D eigenvalue weighted by atomic mass is 16.5. The highest BCUT2D eigenvalue weighted by Crippen LogP contribution is 2.28. The number of pyridine rings is 1. The van der Waals surface area contributed by atoms with E-state index in [1.807, 2.05) is 25.1 Å². The molecule has 0 amide bonds. The third-order valence-corrected chi connectivity index (χ3v) is 5.13. The first-order chi connectivity index (χ1) is 12.5. The minimum Gasteiger partial charge on any atom is -0.497 e. The molecule has 2 aromatic rings. The monoisotopic (exact) mass is 356 g/mol. The van der Waals surface area contributed by atoms with Crippen LogP contribution in [-0.4, -0.2) is 42.0 Å². The molecule has 0 unspecified atom stereocenters. The average molecular weight is 356 g/mol. The summed E-state index contributed by atoms with van der Waals surface area (Å²) in [6.45, 7) is 3.15. The number of ether oxygens (including phenoxy) is 1. The lowest BCUT2D eigenvalue weighted by molar-refractivity contribution is -0.144. The second-order valence-corrected chi connectivity index (χ2v) is 6.85. The fraction of sp³-hybridized carbons (Fsp3) is 0.450. The van der Waals surface area contributed by atoms with Gasteiger partial charge in [0.05, 0.1) is 18.5 Å². The predicted octanol–water partition coefficient (Wildman–Crippen LogP) is 2.83. The number of ketones is 1. The van der Waals surface area contributed by atoms with Crippen LogP contribution in [0.5, 0.6) is 5.75 Å². The van der Waals surface area contributed by atoms with E-state index in [9.17, 15) is 14.7 Å². The first-order valence-electron chi connectivity index (χ1n) is 8.91. The summed E-state index contributed by atoms with van der Waals surface area (Å²) < 4.78 is 5.27. The Kier molecular flexibility index (Phi) is 5.52. The van der Waals surface area contributed by atoms with Gasteiger partial charge in [0, 0.05) is 29.6 Å². The second kappa shape index (κ2) is 7.83. The summed E-state index contributed by atoms with van der Waals surface area (Å²) >= 11 is 0. The van der Waals surface area contributed by atoms with E-state index < -0.39 is 11.9 Å². The summed E-state index contributed by atoms with van der Waals surface area (Å²) in [7, 11) is 1.59. The number of piperidine rings is 1. The topological polar surface area (TPSA) is 88.5 Å². The van der Waals surface area contributed by atoms with Crippen LogP contribution in [0.15, 0.2) is 24.3 Å². The van der Waals surface area contributed by atoms with E-state index in [1.165, 1.54) is 0 Å². The third-order valence-electron chi connectivity index (χ3n) is 5.13. The number of carbonyl (C=O) groups excluding carboxylic acids is 1. The summed E-state index contributed by atoms with van der Waals surface area (Å²) in [6, 6.07) is 7.32. The Balaban J connectivity index is 1.82. The molecule has 0 bridgehead atoms. The van der Waals surface area contributed by atoms with Crippen LogP contribution in [0.1, 0.15) is 35.3 Å². The standard InChI is InChI=1S/C20H24N2O4/c1-12-9-16(15-10-14(26-2)4-5-18(15)22-12)19(23)6-3-13-7-8-21-11-17(13)20(24)25/h4-5,9-10,13,17,21H,3,6-8,11H2,1-2H3,(H,24,25)/t13-,17+/m1/s1. The van der Waals surface area contributed by atoms with E-state index in [4.69, 9.17) is 4.74 Å². The molecule has 138 valence electrons. The van der Waals surface area contributed by atoms with Gasteiger partial charge in [0.2, 0.25) is 0 Å². The van der Waals surface area contributed by atoms with E-state index in [0.717, 1.165) is 29.6 Å². The molecular weight excluding hydrogens is 332 g/mol. The maximum atomic E-state index is 12.9. The molecule has 1 aliphatic heterocycles. The SMILES string of the molecule is COc1ccc2nc(C)cc(C(=O)CC[C@@H]3CCNC[C@@H]3C(=O)O)c2c1. The van der Waals surface area contributed by atoms with Crippen LogP contribution in [0, 0.1) is 18.8 Å². The molecular formula is C20H24N2O4. The molecule has 0 radical (unpaired) electrons. The molecule has 1 aromatic carbocycles. The minimum atomic E-state index is -0.787. The Bertz CT molecular complexity index is 834. The van der Waals surface area contributed by atoms with Gasteiger partial charge in [-0.1, -0.05) is 0 Å². The first-order valence-corrected chi connectivity index (χ1v) is 8.91. The number of hydrogen-bond donors (Lipinski definition) is 2. The van der Waals surface area contributed by atoms with Crippen molar-refractivity contribution in [1.82, 2.24) is 10.3 Å². The number of carboxylic acid groups (broad SMARTS) is 1. The summed E-state index contributed by atoms with van der Waals surface area (Å²) in [5.74, 6) is -0.475. The van der Waals surface area contributed by atoms with Gasteiger partial charge in [-0.3, -0.25) is 14.6 Å². The molecule has 0 spiro atoms. The highest BCUT2D eigenvalue weighted by molar-refractivity contribution is 6.07. The molecule has 1 fully saturated rings. The number of nitrogens with one attached hydrogen (secondary N) is 1. The normalized spacial score (nSPS) is 20.1. The zero-order chi connectivity index (χ0) is 18.7. The van der Waals surface area contributed by atoms with Gasteiger partial charge in [0.15, 0.2) is 5.78 Å². The fourth-order valence-corrected chi connectivity index (χ4v) is 3.69.